The third kappa shape index (κ3) is 2.35. The Morgan fingerprint density at radius 3 is 2.50 bits per heavy atom. The molecule has 82 valence electrons. The van der Waals surface area contributed by atoms with Gasteiger partial charge in [0.1, 0.15) is 10.6 Å². The van der Waals surface area contributed by atoms with Gasteiger partial charge in [-0.2, -0.15) is 0 Å². The van der Waals surface area contributed by atoms with Crippen LogP contribution >= 0.6 is 22.9 Å². The van der Waals surface area contributed by atoms with Gasteiger partial charge in [-0.1, -0.05) is 11.6 Å². The van der Waals surface area contributed by atoms with Gasteiger partial charge in [-0.3, -0.25) is 0 Å². The molecule has 16 heavy (non-hydrogen) atoms. The van der Waals surface area contributed by atoms with Crippen LogP contribution in [0.3, 0.4) is 0 Å². The van der Waals surface area contributed by atoms with Gasteiger partial charge in [0.15, 0.2) is 0 Å². The molecule has 0 bridgehead atoms. The Kier molecular flexibility index (Phi) is 3.12. The van der Waals surface area contributed by atoms with Crippen LogP contribution in [0.15, 0.2) is 35.7 Å². The second-order valence-corrected chi connectivity index (χ2v) is 4.40. The SMILES string of the molecule is Nc1ccsc1C(=O)Oc1ccc(Cl)cc1. The normalized spacial score (nSPS) is 10.1. The molecule has 3 nitrogen and oxygen atoms in total. The molecule has 0 aliphatic carbocycles. The van der Waals surface area contributed by atoms with E-state index in [1.165, 1.54) is 11.3 Å². The fraction of sp³-hybridized carbons (Fsp3) is 0. The van der Waals surface area contributed by atoms with Crippen LogP contribution < -0.4 is 10.5 Å². The van der Waals surface area contributed by atoms with Crippen molar-refractivity contribution in [2.45, 2.75) is 0 Å². The van der Waals surface area contributed by atoms with Gasteiger partial charge in [0.25, 0.3) is 0 Å². The number of anilines is 1. The molecule has 5 heteroatoms. The highest BCUT2D eigenvalue weighted by Gasteiger charge is 2.13. The minimum atomic E-state index is -0.449. The van der Waals surface area contributed by atoms with Crippen molar-refractivity contribution in [2.75, 3.05) is 5.73 Å². The van der Waals surface area contributed by atoms with Crippen LogP contribution in [-0.4, -0.2) is 5.97 Å². The highest BCUT2D eigenvalue weighted by Crippen LogP contribution is 2.22. The highest BCUT2D eigenvalue weighted by atomic mass is 35.5. The molecule has 0 saturated carbocycles. The van der Waals surface area contributed by atoms with E-state index < -0.39 is 5.97 Å². The summed E-state index contributed by atoms with van der Waals surface area (Å²) in [5.41, 5.74) is 6.04. The molecule has 0 unspecified atom stereocenters. The zero-order chi connectivity index (χ0) is 11.5. The molecule has 1 heterocycles. The molecule has 0 aliphatic rings. The van der Waals surface area contributed by atoms with Crippen molar-refractivity contribution < 1.29 is 9.53 Å². The Bertz CT molecular complexity index is 507. The first kappa shape index (κ1) is 11.0. The van der Waals surface area contributed by atoms with Gasteiger partial charge >= 0.3 is 5.97 Å². The van der Waals surface area contributed by atoms with Gasteiger partial charge in [0.05, 0.1) is 5.69 Å². The first-order valence-corrected chi connectivity index (χ1v) is 5.73. The van der Waals surface area contributed by atoms with Gasteiger partial charge in [-0.15, -0.1) is 11.3 Å². The van der Waals surface area contributed by atoms with E-state index in [9.17, 15) is 4.79 Å². The van der Waals surface area contributed by atoms with E-state index in [4.69, 9.17) is 22.1 Å². The number of nitrogen functional groups attached to an aromatic ring is 1. The van der Waals surface area contributed by atoms with Crippen molar-refractivity contribution >= 4 is 34.6 Å². The quantitative estimate of drug-likeness (QED) is 0.661. The van der Waals surface area contributed by atoms with Crippen LogP contribution in [-0.2, 0) is 0 Å². The van der Waals surface area contributed by atoms with Crippen molar-refractivity contribution in [3.63, 3.8) is 0 Å². The molecular formula is C11H8ClNO2S. The molecule has 0 amide bonds. The number of hydrogen-bond acceptors (Lipinski definition) is 4. The van der Waals surface area contributed by atoms with Crippen LogP contribution in [0.5, 0.6) is 5.75 Å². The molecule has 2 aromatic rings. The first-order valence-electron chi connectivity index (χ1n) is 4.47. The summed E-state index contributed by atoms with van der Waals surface area (Å²) in [5, 5.41) is 2.34. The molecule has 1 aromatic heterocycles. The largest absolute Gasteiger partial charge is 0.422 e. The predicted molar refractivity (Wildman–Crippen MR) is 65.1 cm³/mol. The summed E-state index contributed by atoms with van der Waals surface area (Å²) < 4.78 is 5.13. The summed E-state index contributed by atoms with van der Waals surface area (Å²) in [6.07, 6.45) is 0. The first-order chi connectivity index (χ1) is 7.66. The minimum absolute atomic E-state index is 0.412. The molecule has 2 rings (SSSR count). The van der Waals surface area contributed by atoms with E-state index in [2.05, 4.69) is 0 Å². The number of hydrogen-bond donors (Lipinski definition) is 1. The van der Waals surface area contributed by atoms with E-state index in [-0.39, 0.29) is 0 Å². The Morgan fingerprint density at radius 2 is 1.94 bits per heavy atom. The zero-order valence-electron chi connectivity index (χ0n) is 8.14. The van der Waals surface area contributed by atoms with Crippen LogP contribution in [0.25, 0.3) is 0 Å². The van der Waals surface area contributed by atoms with E-state index in [0.29, 0.717) is 21.3 Å². The third-order valence-corrected chi connectivity index (χ3v) is 3.07. The summed E-state index contributed by atoms with van der Waals surface area (Å²) in [7, 11) is 0. The number of rotatable bonds is 2. The Morgan fingerprint density at radius 1 is 1.25 bits per heavy atom. The van der Waals surface area contributed by atoms with E-state index >= 15 is 0 Å². The Balaban J connectivity index is 2.14. The maximum Gasteiger partial charge on any atom is 0.355 e. The second kappa shape index (κ2) is 4.55. The smallest absolute Gasteiger partial charge is 0.355 e. The summed E-state index contributed by atoms with van der Waals surface area (Å²) >= 11 is 6.97. The number of nitrogens with two attached hydrogens (primary N) is 1. The number of thiophene rings is 1. The number of benzene rings is 1. The average Bonchev–Trinajstić information content (AvgIpc) is 2.68. The van der Waals surface area contributed by atoms with Crippen LogP contribution in [0, 0.1) is 0 Å². The fourth-order valence-electron chi connectivity index (χ4n) is 1.14. The average molecular weight is 254 g/mol. The van der Waals surface area contributed by atoms with Gasteiger partial charge < -0.3 is 10.5 Å². The lowest BCUT2D eigenvalue weighted by atomic mass is 10.3. The highest BCUT2D eigenvalue weighted by molar-refractivity contribution is 7.12. The molecule has 0 atom stereocenters. The minimum Gasteiger partial charge on any atom is -0.422 e. The lowest BCUT2D eigenvalue weighted by molar-refractivity contribution is 0.0741. The summed E-state index contributed by atoms with van der Waals surface area (Å²) in [4.78, 5) is 12.1. The molecule has 0 aliphatic heterocycles. The monoisotopic (exact) mass is 253 g/mol. The topological polar surface area (TPSA) is 52.3 Å². The lowest BCUT2D eigenvalue weighted by Gasteiger charge is -2.03. The van der Waals surface area contributed by atoms with Crippen LogP contribution in [0.1, 0.15) is 9.67 Å². The number of halogens is 1. The van der Waals surface area contributed by atoms with Gasteiger partial charge in [0.2, 0.25) is 0 Å². The second-order valence-electron chi connectivity index (χ2n) is 3.05. The van der Waals surface area contributed by atoms with E-state index in [1.807, 2.05) is 0 Å². The molecular weight excluding hydrogens is 246 g/mol. The van der Waals surface area contributed by atoms with Gasteiger partial charge in [-0.25, -0.2) is 4.79 Å². The number of esters is 1. The predicted octanol–water partition coefficient (Wildman–Crippen LogP) is 3.20. The lowest BCUT2D eigenvalue weighted by Crippen LogP contribution is -2.08. The van der Waals surface area contributed by atoms with Crippen molar-refractivity contribution in [3.05, 3.63) is 45.6 Å². The summed E-state index contributed by atoms with van der Waals surface area (Å²) in [6.45, 7) is 0. The maximum absolute atomic E-state index is 11.7. The molecule has 0 fully saturated rings. The summed E-state index contributed by atoms with van der Waals surface area (Å²) in [6, 6.07) is 8.24. The Labute approximate surface area is 101 Å². The standard InChI is InChI=1S/C11H8ClNO2S/c12-7-1-3-8(4-2-7)15-11(14)10-9(13)5-6-16-10/h1-6H,13H2. The van der Waals surface area contributed by atoms with Crippen molar-refractivity contribution in [2.24, 2.45) is 0 Å². The van der Waals surface area contributed by atoms with E-state index in [0.717, 1.165) is 0 Å². The number of ether oxygens (including phenoxy) is 1. The molecule has 0 saturated heterocycles. The molecule has 2 N–H and O–H groups in total. The van der Waals surface area contributed by atoms with Crippen molar-refractivity contribution in [1.82, 2.24) is 0 Å². The molecule has 0 spiro atoms. The van der Waals surface area contributed by atoms with Gasteiger partial charge in [0, 0.05) is 5.02 Å². The summed E-state index contributed by atoms with van der Waals surface area (Å²) in [5.74, 6) is -0.00276. The zero-order valence-corrected chi connectivity index (χ0v) is 9.72. The van der Waals surface area contributed by atoms with Crippen LogP contribution in [0.2, 0.25) is 5.02 Å². The number of carbonyl (C=O) groups excluding carboxylic acids is 1. The van der Waals surface area contributed by atoms with Gasteiger partial charge in [-0.05, 0) is 35.7 Å². The molecule has 1 aromatic carbocycles. The molecule has 0 radical (unpaired) electrons. The maximum atomic E-state index is 11.7. The van der Waals surface area contributed by atoms with Crippen molar-refractivity contribution in [1.29, 1.82) is 0 Å². The van der Waals surface area contributed by atoms with Crippen LogP contribution in [0.4, 0.5) is 5.69 Å². The fourth-order valence-corrected chi connectivity index (χ4v) is 1.96. The third-order valence-electron chi connectivity index (χ3n) is 1.91. The van der Waals surface area contributed by atoms with E-state index in [1.54, 1.807) is 35.7 Å². The van der Waals surface area contributed by atoms with Crippen molar-refractivity contribution in [3.8, 4) is 5.75 Å². The Hall–Kier alpha value is -1.52. The number of carbonyl (C=O) groups is 1.